The summed E-state index contributed by atoms with van der Waals surface area (Å²) in [6, 6.07) is 10.1. The number of carbonyl (C=O) groups excluding carboxylic acids is 2. The number of hydrogen-bond donors (Lipinski definition) is 0. The van der Waals surface area contributed by atoms with Crippen LogP contribution < -0.4 is 0 Å². The van der Waals surface area contributed by atoms with Crippen molar-refractivity contribution in [3.8, 4) is 0 Å². The Balaban J connectivity index is 1.99. The minimum atomic E-state index is -0.524. The Morgan fingerprint density at radius 2 is 1.96 bits per heavy atom. The van der Waals surface area contributed by atoms with Crippen molar-refractivity contribution in [2.24, 2.45) is 0 Å². The van der Waals surface area contributed by atoms with E-state index in [9.17, 15) is 9.59 Å². The lowest BCUT2D eigenvalue weighted by molar-refractivity contribution is -0.109. The fourth-order valence-corrected chi connectivity index (χ4v) is 2.78. The van der Waals surface area contributed by atoms with Crippen LogP contribution in [0.25, 0.3) is 0 Å². The summed E-state index contributed by atoms with van der Waals surface area (Å²) in [5.74, 6) is 0. The van der Waals surface area contributed by atoms with Crippen molar-refractivity contribution >= 4 is 12.4 Å². The highest BCUT2D eigenvalue weighted by atomic mass is 16.6. The maximum Gasteiger partial charge on any atom is 0.410 e. The van der Waals surface area contributed by atoms with Gasteiger partial charge in [0.05, 0.1) is 6.04 Å². The topological polar surface area (TPSA) is 49.9 Å². The van der Waals surface area contributed by atoms with Crippen LogP contribution in [0, 0.1) is 0 Å². The standard InChI is InChI=1S/C18H26N2O3/c1-18(2,3)23-17(22)20-11-10-19(14-16(20)9-12-21)13-15-7-5-4-6-8-15/h4-8,12,16H,9-11,13-14H2,1-3H3. The molecule has 1 atom stereocenters. The molecule has 1 aliphatic rings. The van der Waals surface area contributed by atoms with Gasteiger partial charge < -0.3 is 14.4 Å². The maximum absolute atomic E-state index is 12.3. The second-order valence-corrected chi connectivity index (χ2v) is 6.95. The van der Waals surface area contributed by atoms with E-state index in [4.69, 9.17) is 4.74 Å². The molecule has 2 rings (SSSR count). The molecular weight excluding hydrogens is 292 g/mol. The van der Waals surface area contributed by atoms with Crippen LogP contribution in [-0.2, 0) is 16.1 Å². The molecule has 0 bridgehead atoms. The van der Waals surface area contributed by atoms with Crippen LogP contribution in [0.2, 0.25) is 0 Å². The van der Waals surface area contributed by atoms with Crippen molar-refractivity contribution in [3.63, 3.8) is 0 Å². The summed E-state index contributed by atoms with van der Waals surface area (Å²) < 4.78 is 5.46. The smallest absolute Gasteiger partial charge is 0.410 e. The number of carbonyl (C=O) groups is 2. The quantitative estimate of drug-likeness (QED) is 0.801. The number of amides is 1. The predicted octanol–water partition coefficient (Wildman–Crippen LogP) is 2.70. The fourth-order valence-electron chi connectivity index (χ4n) is 2.78. The first-order valence-electron chi connectivity index (χ1n) is 8.08. The number of benzene rings is 1. The van der Waals surface area contributed by atoms with E-state index in [-0.39, 0.29) is 12.1 Å². The molecule has 1 amide bonds. The highest BCUT2D eigenvalue weighted by Crippen LogP contribution is 2.18. The second kappa shape index (κ2) is 7.59. The lowest BCUT2D eigenvalue weighted by Gasteiger charge is -2.41. The summed E-state index contributed by atoms with van der Waals surface area (Å²) >= 11 is 0. The van der Waals surface area contributed by atoms with Crippen molar-refractivity contribution in [3.05, 3.63) is 35.9 Å². The summed E-state index contributed by atoms with van der Waals surface area (Å²) in [5.41, 5.74) is 0.715. The number of aldehydes is 1. The average Bonchev–Trinajstić information content (AvgIpc) is 2.47. The summed E-state index contributed by atoms with van der Waals surface area (Å²) in [6.07, 6.45) is 0.891. The van der Waals surface area contributed by atoms with Crippen molar-refractivity contribution in [2.75, 3.05) is 19.6 Å². The van der Waals surface area contributed by atoms with Crippen LogP contribution in [-0.4, -0.2) is 53.5 Å². The molecule has 0 saturated carbocycles. The Bertz CT molecular complexity index is 525. The molecule has 1 unspecified atom stereocenters. The predicted molar refractivity (Wildman–Crippen MR) is 89.1 cm³/mol. The molecule has 5 heteroatoms. The monoisotopic (exact) mass is 318 g/mol. The lowest BCUT2D eigenvalue weighted by Crippen LogP contribution is -2.55. The van der Waals surface area contributed by atoms with E-state index in [0.717, 1.165) is 19.4 Å². The minimum Gasteiger partial charge on any atom is -0.444 e. The average molecular weight is 318 g/mol. The number of ether oxygens (including phenoxy) is 1. The molecule has 1 saturated heterocycles. The zero-order valence-electron chi connectivity index (χ0n) is 14.2. The highest BCUT2D eigenvalue weighted by Gasteiger charge is 2.32. The molecular formula is C18H26N2O3. The summed E-state index contributed by atoms with van der Waals surface area (Å²) in [4.78, 5) is 27.3. The Morgan fingerprint density at radius 1 is 1.26 bits per heavy atom. The van der Waals surface area contributed by atoms with Crippen LogP contribution in [0.3, 0.4) is 0 Å². The maximum atomic E-state index is 12.3. The first kappa shape index (κ1) is 17.5. The van der Waals surface area contributed by atoms with Crippen LogP contribution in [0.1, 0.15) is 32.8 Å². The molecule has 1 heterocycles. The molecule has 126 valence electrons. The van der Waals surface area contributed by atoms with Crippen LogP contribution >= 0.6 is 0 Å². The normalized spacial score (nSPS) is 19.4. The van der Waals surface area contributed by atoms with Crippen LogP contribution in [0.4, 0.5) is 4.79 Å². The van der Waals surface area contributed by atoms with Gasteiger partial charge in [-0.15, -0.1) is 0 Å². The van der Waals surface area contributed by atoms with E-state index < -0.39 is 5.60 Å². The molecule has 0 spiro atoms. The van der Waals surface area contributed by atoms with E-state index in [1.165, 1.54) is 5.56 Å². The van der Waals surface area contributed by atoms with E-state index in [2.05, 4.69) is 17.0 Å². The zero-order valence-corrected chi connectivity index (χ0v) is 14.2. The van der Waals surface area contributed by atoms with Gasteiger partial charge in [-0.3, -0.25) is 4.90 Å². The molecule has 0 radical (unpaired) electrons. The molecule has 23 heavy (non-hydrogen) atoms. The number of nitrogens with zero attached hydrogens (tertiary/aromatic N) is 2. The molecule has 1 fully saturated rings. The van der Waals surface area contributed by atoms with Crippen molar-refractivity contribution in [2.45, 2.75) is 45.4 Å². The van der Waals surface area contributed by atoms with Gasteiger partial charge in [-0.05, 0) is 26.3 Å². The Kier molecular flexibility index (Phi) is 5.77. The lowest BCUT2D eigenvalue weighted by atomic mass is 10.1. The second-order valence-electron chi connectivity index (χ2n) is 6.95. The van der Waals surface area contributed by atoms with Gasteiger partial charge in [0, 0.05) is 32.6 Å². The van der Waals surface area contributed by atoms with Crippen molar-refractivity contribution in [1.82, 2.24) is 9.80 Å². The van der Waals surface area contributed by atoms with Crippen molar-refractivity contribution in [1.29, 1.82) is 0 Å². The number of rotatable bonds is 4. The molecule has 5 nitrogen and oxygen atoms in total. The molecule has 0 aliphatic carbocycles. The van der Waals surface area contributed by atoms with Gasteiger partial charge in [0.1, 0.15) is 11.9 Å². The summed E-state index contributed by atoms with van der Waals surface area (Å²) in [6.45, 7) is 8.44. The molecule has 1 aromatic rings. The summed E-state index contributed by atoms with van der Waals surface area (Å²) in [7, 11) is 0. The van der Waals surface area contributed by atoms with E-state index >= 15 is 0 Å². The molecule has 1 aliphatic heterocycles. The first-order valence-corrected chi connectivity index (χ1v) is 8.08. The third kappa shape index (κ3) is 5.36. The number of piperazine rings is 1. The van der Waals surface area contributed by atoms with Gasteiger partial charge in [-0.2, -0.15) is 0 Å². The largest absolute Gasteiger partial charge is 0.444 e. The van der Waals surface area contributed by atoms with Crippen LogP contribution in [0.5, 0.6) is 0 Å². The van der Waals surface area contributed by atoms with Gasteiger partial charge in [0.2, 0.25) is 0 Å². The Hall–Kier alpha value is -1.88. The SMILES string of the molecule is CC(C)(C)OC(=O)N1CCN(Cc2ccccc2)CC1CC=O. The van der Waals surface area contributed by atoms with E-state index in [1.807, 2.05) is 39.0 Å². The molecule has 0 N–H and O–H groups in total. The Labute approximate surface area is 138 Å². The van der Waals surface area contributed by atoms with Gasteiger partial charge in [0.25, 0.3) is 0 Å². The van der Waals surface area contributed by atoms with Crippen LogP contribution in [0.15, 0.2) is 30.3 Å². The number of hydrogen-bond acceptors (Lipinski definition) is 4. The minimum absolute atomic E-state index is 0.125. The zero-order chi connectivity index (χ0) is 16.9. The Morgan fingerprint density at radius 3 is 2.57 bits per heavy atom. The van der Waals surface area contributed by atoms with E-state index in [0.29, 0.717) is 19.5 Å². The van der Waals surface area contributed by atoms with Gasteiger partial charge in [0.15, 0.2) is 0 Å². The molecule has 1 aromatic carbocycles. The van der Waals surface area contributed by atoms with Gasteiger partial charge in [-0.1, -0.05) is 30.3 Å². The van der Waals surface area contributed by atoms with Gasteiger partial charge in [-0.25, -0.2) is 4.79 Å². The highest BCUT2D eigenvalue weighted by molar-refractivity contribution is 5.69. The summed E-state index contributed by atoms with van der Waals surface area (Å²) in [5, 5.41) is 0. The van der Waals surface area contributed by atoms with E-state index in [1.54, 1.807) is 4.90 Å². The van der Waals surface area contributed by atoms with Crippen molar-refractivity contribution < 1.29 is 14.3 Å². The third-order valence-corrected chi connectivity index (χ3v) is 3.81. The first-order chi connectivity index (χ1) is 10.9. The third-order valence-electron chi connectivity index (χ3n) is 3.81. The van der Waals surface area contributed by atoms with Gasteiger partial charge >= 0.3 is 6.09 Å². The molecule has 0 aromatic heterocycles. The fraction of sp³-hybridized carbons (Fsp3) is 0.556.